The third-order valence-corrected chi connectivity index (χ3v) is 3.75. The Hall–Kier alpha value is -1.66. The molecule has 0 saturated heterocycles. The van der Waals surface area contributed by atoms with E-state index in [1.807, 2.05) is 13.8 Å². The van der Waals surface area contributed by atoms with Gasteiger partial charge in [-0.25, -0.2) is 0 Å². The number of hydrogen-bond acceptors (Lipinski definition) is 5. The average molecular weight is 312 g/mol. The number of amides is 1. The molecule has 1 aromatic carbocycles. The van der Waals surface area contributed by atoms with Gasteiger partial charge in [0.15, 0.2) is 6.10 Å². The second-order valence-electron chi connectivity index (χ2n) is 4.29. The molecule has 0 unspecified atom stereocenters. The van der Waals surface area contributed by atoms with Gasteiger partial charge in [-0.3, -0.25) is 10.1 Å². The van der Waals surface area contributed by atoms with Gasteiger partial charge < -0.3 is 4.74 Å². The molecule has 1 atom stereocenters. The van der Waals surface area contributed by atoms with Crippen molar-refractivity contribution in [3.8, 4) is 5.75 Å². The number of anilines is 1. The average Bonchev–Trinajstić information content (AvgIpc) is 2.79. The fourth-order valence-corrected chi connectivity index (χ4v) is 2.21. The molecule has 2 rings (SSSR count). The van der Waals surface area contributed by atoms with E-state index in [1.165, 1.54) is 11.3 Å². The van der Waals surface area contributed by atoms with Crippen LogP contribution in [0.5, 0.6) is 5.75 Å². The van der Waals surface area contributed by atoms with Crippen LogP contribution in [-0.4, -0.2) is 22.2 Å². The van der Waals surface area contributed by atoms with Gasteiger partial charge in [0.25, 0.3) is 5.91 Å². The van der Waals surface area contributed by atoms with Gasteiger partial charge in [-0.15, -0.1) is 10.2 Å². The maximum absolute atomic E-state index is 12.0. The van der Waals surface area contributed by atoms with Gasteiger partial charge in [-0.05, 0) is 44.5 Å². The van der Waals surface area contributed by atoms with Crippen molar-refractivity contribution in [3.05, 3.63) is 33.8 Å². The molecule has 1 amide bonds. The highest BCUT2D eigenvalue weighted by molar-refractivity contribution is 7.15. The topological polar surface area (TPSA) is 64.1 Å². The van der Waals surface area contributed by atoms with E-state index < -0.39 is 6.10 Å². The van der Waals surface area contributed by atoms with Crippen LogP contribution < -0.4 is 10.1 Å². The Morgan fingerprint density at radius 1 is 1.40 bits per heavy atom. The van der Waals surface area contributed by atoms with Crippen molar-refractivity contribution in [2.24, 2.45) is 0 Å². The molecule has 1 aromatic heterocycles. The molecule has 0 spiro atoms. The standard InChI is InChI=1S/C13H14ClN3O2S/c1-7-6-10(4-5-11(7)14)19-8(2)12(18)15-13-17-16-9(3)20-13/h4-6,8H,1-3H3,(H,15,17,18)/t8-/m0/s1. The molecule has 1 N–H and O–H groups in total. The lowest BCUT2D eigenvalue weighted by Crippen LogP contribution is -2.30. The summed E-state index contributed by atoms with van der Waals surface area (Å²) in [5.74, 6) is 0.330. The molecule has 20 heavy (non-hydrogen) atoms. The third-order valence-electron chi connectivity index (χ3n) is 2.57. The molecule has 7 heteroatoms. The van der Waals surface area contributed by atoms with Gasteiger partial charge in [0.1, 0.15) is 10.8 Å². The number of benzene rings is 1. The highest BCUT2D eigenvalue weighted by atomic mass is 35.5. The van der Waals surface area contributed by atoms with E-state index in [0.29, 0.717) is 15.9 Å². The molecule has 0 aliphatic heterocycles. The first-order valence-electron chi connectivity index (χ1n) is 5.99. The second kappa shape index (κ2) is 6.19. The molecule has 0 fully saturated rings. The normalized spacial score (nSPS) is 12.0. The predicted octanol–water partition coefficient (Wildman–Crippen LogP) is 3.21. The molecular formula is C13H14ClN3O2S. The highest BCUT2D eigenvalue weighted by Crippen LogP contribution is 2.22. The van der Waals surface area contributed by atoms with Crippen molar-refractivity contribution in [2.45, 2.75) is 26.9 Å². The van der Waals surface area contributed by atoms with Crippen LogP contribution in [0.25, 0.3) is 0 Å². The Kier molecular flexibility index (Phi) is 4.57. The molecule has 0 bridgehead atoms. The van der Waals surface area contributed by atoms with Crippen LogP contribution >= 0.6 is 22.9 Å². The summed E-state index contributed by atoms with van der Waals surface area (Å²) in [5, 5.41) is 12.3. The molecule has 2 aromatic rings. The first kappa shape index (κ1) is 14.7. The first-order chi connectivity index (χ1) is 9.45. The zero-order valence-electron chi connectivity index (χ0n) is 11.3. The monoisotopic (exact) mass is 311 g/mol. The number of hydrogen-bond donors (Lipinski definition) is 1. The number of rotatable bonds is 4. The van der Waals surface area contributed by atoms with Crippen molar-refractivity contribution in [1.82, 2.24) is 10.2 Å². The van der Waals surface area contributed by atoms with Crippen LogP contribution in [0.15, 0.2) is 18.2 Å². The predicted molar refractivity (Wildman–Crippen MR) is 79.6 cm³/mol. The Morgan fingerprint density at radius 3 is 2.75 bits per heavy atom. The summed E-state index contributed by atoms with van der Waals surface area (Å²) in [6.45, 7) is 5.38. The number of carbonyl (C=O) groups excluding carboxylic acids is 1. The second-order valence-corrected chi connectivity index (χ2v) is 5.88. The van der Waals surface area contributed by atoms with Crippen molar-refractivity contribution < 1.29 is 9.53 Å². The SMILES string of the molecule is Cc1nnc(NC(=O)[C@H](C)Oc2ccc(Cl)c(C)c2)s1. The molecule has 0 aliphatic carbocycles. The summed E-state index contributed by atoms with van der Waals surface area (Å²) >= 11 is 7.26. The number of aromatic nitrogens is 2. The minimum absolute atomic E-state index is 0.270. The highest BCUT2D eigenvalue weighted by Gasteiger charge is 2.16. The van der Waals surface area contributed by atoms with Gasteiger partial charge in [0, 0.05) is 5.02 Å². The fourth-order valence-electron chi connectivity index (χ4n) is 1.50. The van der Waals surface area contributed by atoms with E-state index in [2.05, 4.69) is 15.5 Å². The number of halogens is 1. The molecule has 0 saturated carbocycles. The van der Waals surface area contributed by atoms with Crippen molar-refractivity contribution in [2.75, 3.05) is 5.32 Å². The minimum Gasteiger partial charge on any atom is -0.481 e. The fraction of sp³-hybridized carbons (Fsp3) is 0.308. The molecule has 0 radical (unpaired) electrons. The van der Waals surface area contributed by atoms with Crippen molar-refractivity contribution in [3.63, 3.8) is 0 Å². The molecule has 0 aliphatic rings. The van der Waals surface area contributed by atoms with Crippen molar-refractivity contribution >= 4 is 34.0 Å². The number of nitrogens with one attached hydrogen (secondary N) is 1. The molecule has 5 nitrogen and oxygen atoms in total. The van der Waals surface area contributed by atoms with Gasteiger partial charge in [-0.1, -0.05) is 22.9 Å². The number of nitrogens with zero attached hydrogens (tertiary/aromatic N) is 2. The quantitative estimate of drug-likeness (QED) is 0.941. The van der Waals surface area contributed by atoms with Crippen LogP contribution in [0, 0.1) is 13.8 Å². The van der Waals surface area contributed by atoms with Gasteiger partial charge >= 0.3 is 0 Å². The van der Waals surface area contributed by atoms with Gasteiger partial charge in [0.05, 0.1) is 0 Å². The van der Waals surface area contributed by atoms with E-state index in [9.17, 15) is 4.79 Å². The third kappa shape index (κ3) is 3.68. The lowest BCUT2D eigenvalue weighted by atomic mass is 10.2. The Morgan fingerprint density at radius 2 is 2.15 bits per heavy atom. The zero-order chi connectivity index (χ0) is 14.7. The lowest BCUT2D eigenvalue weighted by molar-refractivity contribution is -0.122. The van der Waals surface area contributed by atoms with Gasteiger partial charge in [-0.2, -0.15) is 0 Å². The summed E-state index contributed by atoms with van der Waals surface area (Å²) in [6.07, 6.45) is -0.639. The van der Waals surface area contributed by atoms with Crippen LogP contribution in [0.4, 0.5) is 5.13 Å². The number of carbonyl (C=O) groups is 1. The Labute approximate surface area is 125 Å². The van der Waals surface area contributed by atoms with Crippen LogP contribution in [0.2, 0.25) is 5.02 Å². The van der Waals surface area contributed by atoms with Crippen LogP contribution in [-0.2, 0) is 4.79 Å². The summed E-state index contributed by atoms with van der Waals surface area (Å²) in [7, 11) is 0. The van der Waals surface area contributed by atoms with E-state index in [0.717, 1.165) is 10.6 Å². The van der Waals surface area contributed by atoms with E-state index in [4.69, 9.17) is 16.3 Å². The van der Waals surface area contributed by atoms with E-state index in [-0.39, 0.29) is 5.91 Å². The minimum atomic E-state index is -0.639. The Balaban J connectivity index is 1.98. The lowest BCUT2D eigenvalue weighted by Gasteiger charge is -2.14. The smallest absolute Gasteiger partial charge is 0.266 e. The van der Waals surface area contributed by atoms with Gasteiger partial charge in [0.2, 0.25) is 5.13 Å². The molecule has 106 valence electrons. The maximum Gasteiger partial charge on any atom is 0.266 e. The van der Waals surface area contributed by atoms with Crippen LogP contribution in [0.1, 0.15) is 17.5 Å². The molecule has 1 heterocycles. The maximum atomic E-state index is 12.0. The van der Waals surface area contributed by atoms with Crippen LogP contribution in [0.3, 0.4) is 0 Å². The summed E-state index contributed by atoms with van der Waals surface area (Å²) in [6, 6.07) is 5.26. The summed E-state index contributed by atoms with van der Waals surface area (Å²) in [4.78, 5) is 12.0. The van der Waals surface area contributed by atoms with E-state index >= 15 is 0 Å². The largest absolute Gasteiger partial charge is 0.481 e. The van der Waals surface area contributed by atoms with E-state index in [1.54, 1.807) is 25.1 Å². The number of ether oxygens (including phenoxy) is 1. The first-order valence-corrected chi connectivity index (χ1v) is 7.19. The van der Waals surface area contributed by atoms with Crippen molar-refractivity contribution in [1.29, 1.82) is 0 Å². The summed E-state index contributed by atoms with van der Waals surface area (Å²) in [5.41, 5.74) is 0.900. The Bertz CT molecular complexity index is 630. The summed E-state index contributed by atoms with van der Waals surface area (Å²) < 4.78 is 5.58. The molecular weight excluding hydrogens is 298 g/mol. The zero-order valence-corrected chi connectivity index (χ0v) is 12.9. The number of aryl methyl sites for hydroxylation is 2.